The molecule has 2 aromatic rings. The number of Topliss-reactive ketones (excluding diaryl/α,β-unsaturated/α-hetero) is 1. The molecule has 1 aromatic carbocycles. The number of hydrogen-bond acceptors (Lipinski definition) is 7. The van der Waals surface area contributed by atoms with Gasteiger partial charge in [-0.1, -0.05) is 30.7 Å². The number of nitrogens with zero attached hydrogens (tertiary/aromatic N) is 1. The van der Waals surface area contributed by atoms with Crippen LogP contribution in [0.2, 0.25) is 0 Å². The van der Waals surface area contributed by atoms with Crippen molar-refractivity contribution in [1.82, 2.24) is 4.57 Å². The van der Waals surface area contributed by atoms with Gasteiger partial charge in [-0.2, -0.15) is 0 Å². The van der Waals surface area contributed by atoms with E-state index in [-0.39, 0.29) is 18.1 Å². The summed E-state index contributed by atoms with van der Waals surface area (Å²) in [7, 11) is 0. The summed E-state index contributed by atoms with van der Waals surface area (Å²) in [6, 6.07) is 9.26. The lowest BCUT2D eigenvalue weighted by molar-refractivity contribution is -0.197. The summed E-state index contributed by atoms with van der Waals surface area (Å²) in [6.07, 6.45) is 5.78. The molecule has 224 valence electrons. The first-order chi connectivity index (χ1) is 19.9. The fourth-order valence-corrected chi connectivity index (χ4v) is 8.79. The van der Waals surface area contributed by atoms with Crippen LogP contribution in [0.15, 0.2) is 66.5 Å². The molecule has 42 heavy (non-hydrogen) atoms. The molecule has 3 saturated carbocycles. The Hall–Kier alpha value is -3.11. The van der Waals surface area contributed by atoms with Crippen molar-refractivity contribution in [1.29, 1.82) is 0 Å². The number of ketones is 2. The quantitative estimate of drug-likeness (QED) is 0.291. The third kappa shape index (κ3) is 4.32. The van der Waals surface area contributed by atoms with E-state index in [1.54, 1.807) is 25.3 Å². The van der Waals surface area contributed by atoms with Crippen molar-refractivity contribution in [2.45, 2.75) is 70.2 Å². The molecule has 4 aliphatic carbocycles. The number of fused-ring (bicyclic) bond motifs is 5. The monoisotopic (exact) mass is 578 g/mol. The molecule has 0 saturated heterocycles. The van der Waals surface area contributed by atoms with E-state index in [0.29, 0.717) is 42.6 Å². The Morgan fingerprint density at radius 3 is 2.67 bits per heavy atom. The fraction of sp³-hybridized carbons (Fsp3) is 0.515. The van der Waals surface area contributed by atoms with Gasteiger partial charge in [-0.25, -0.2) is 4.39 Å². The van der Waals surface area contributed by atoms with Gasteiger partial charge >= 0.3 is 0 Å². The van der Waals surface area contributed by atoms with Gasteiger partial charge in [-0.15, -0.1) is 0 Å². The van der Waals surface area contributed by atoms with Gasteiger partial charge in [-0.3, -0.25) is 9.59 Å². The summed E-state index contributed by atoms with van der Waals surface area (Å²) >= 11 is 0. The molecule has 0 radical (unpaired) electrons. The number of aliphatic hydroxyl groups is 3. The largest absolute Gasteiger partial charge is 0.399 e. The first-order valence-corrected chi connectivity index (χ1v) is 14.7. The summed E-state index contributed by atoms with van der Waals surface area (Å²) < 4.78 is 25.5. The first-order valence-electron chi connectivity index (χ1n) is 14.7. The van der Waals surface area contributed by atoms with E-state index < -0.39 is 59.2 Å². The van der Waals surface area contributed by atoms with E-state index >= 15 is 4.39 Å². The molecule has 0 amide bonds. The van der Waals surface area contributed by atoms with Gasteiger partial charge in [0, 0.05) is 41.5 Å². The van der Waals surface area contributed by atoms with Crippen molar-refractivity contribution >= 4 is 17.3 Å². The number of carbonyl (C=O) groups excluding carboxylic acids is 2. The van der Waals surface area contributed by atoms with Crippen molar-refractivity contribution in [3.8, 4) is 0 Å². The van der Waals surface area contributed by atoms with Gasteiger partial charge in [0.15, 0.2) is 23.5 Å². The Morgan fingerprint density at radius 1 is 1.21 bits per heavy atom. The average molecular weight is 579 g/mol. The molecule has 0 unspecified atom stereocenters. The zero-order valence-electron chi connectivity index (χ0n) is 23.9. The summed E-state index contributed by atoms with van der Waals surface area (Å²) in [4.78, 5) is 25.4. The van der Waals surface area contributed by atoms with Crippen LogP contribution >= 0.6 is 0 Å². The molecule has 6 rings (SSSR count). The van der Waals surface area contributed by atoms with Crippen LogP contribution in [0.3, 0.4) is 0 Å². The maximum Gasteiger partial charge on any atom is 0.183 e. The molecule has 8 nitrogen and oxygen atoms in total. The highest BCUT2D eigenvalue weighted by atomic mass is 19.1. The Bertz CT molecular complexity index is 1450. The molecule has 1 heterocycles. The topological polar surface area (TPSA) is 135 Å². The number of aliphatic hydroxyl groups excluding tert-OH is 3. The van der Waals surface area contributed by atoms with Crippen molar-refractivity contribution in [2.24, 2.45) is 28.6 Å². The molecule has 0 spiro atoms. The third-order valence-corrected chi connectivity index (χ3v) is 10.9. The minimum absolute atomic E-state index is 0.000345. The summed E-state index contributed by atoms with van der Waals surface area (Å²) in [5.41, 5.74) is 4.65. The van der Waals surface area contributed by atoms with Crippen molar-refractivity contribution in [3.05, 3.63) is 77.7 Å². The molecule has 5 N–H and O–H groups in total. The minimum Gasteiger partial charge on any atom is -0.399 e. The number of nitrogens with two attached hydrogens (primary N) is 1. The van der Waals surface area contributed by atoms with Crippen LogP contribution in [-0.2, 0) is 20.9 Å². The molecule has 1 aromatic heterocycles. The van der Waals surface area contributed by atoms with Crippen LogP contribution in [0.5, 0.6) is 0 Å². The number of rotatable bonds is 7. The summed E-state index contributed by atoms with van der Waals surface area (Å²) in [6.45, 7) is 3.48. The number of alkyl halides is 1. The zero-order valence-corrected chi connectivity index (χ0v) is 23.9. The van der Waals surface area contributed by atoms with Crippen LogP contribution in [0, 0.1) is 28.6 Å². The van der Waals surface area contributed by atoms with E-state index in [9.17, 15) is 24.9 Å². The third-order valence-electron chi connectivity index (χ3n) is 10.9. The van der Waals surface area contributed by atoms with Gasteiger partial charge in [0.05, 0.1) is 18.1 Å². The molecular weight excluding hydrogens is 539 g/mol. The fourth-order valence-electron chi connectivity index (χ4n) is 8.79. The number of nitrogen functional groups attached to an aromatic ring is 1. The number of hydrogen-bond donors (Lipinski definition) is 4. The van der Waals surface area contributed by atoms with Gasteiger partial charge in [0.2, 0.25) is 0 Å². The molecule has 0 bridgehead atoms. The predicted molar refractivity (Wildman–Crippen MR) is 154 cm³/mol. The van der Waals surface area contributed by atoms with Crippen LogP contribution in [0.25, 0.3) is 0 Å². The second-order valence-corrected chi connectivity index (χ2v) is 13.1. The van der Waals surface area contributed by atoms with E-state index in [2.05, 4.69) is 0 Å². The molecular formula is C33H39FN2O6. The van der Waals surface area contributed by atoms with Crippen molar-refractivity contribution < 1.29 is 34.0 Å². The normalized spacial score (nSPS) is 37.9. The standard InChI is InChI=1S/C33H39FN2O6/c1-31-15-28(40)33(34)24(8-5-21-13-23(38)9-11-32(21,33)2)25(31)14-27(29(31)26(39)18-37)42-30(41)20-10-12-36(17-20)16-19-3-6-22(35)7-4-19/h3-4,6-7,9-13,17,24-25,27-30,37,40-41H,5,8,14-16,18,35H2,1-2H3/t24-,25-,27+,28-,29-,30-,31-,32-,33-/m0/s1. The van der Waals surface area contributed by atoms with E-state index in [0.717, 1.165) is 5.56 Å². The van der Waals surface area contributed by atoms with E-state index in [1.165, 1.54) is 12.2 Å². The van der Waals surface area contributed by atoms with E-state index in [4.69, 9.17) is 10.5 Å². The number of allylic oxidation sites excluding steroid dienone is 4. The van der Waals surface area contributed by atoms with Crippen molar-refractivity contribution in [3.63, 3.8) is 0 Å². The van der Waals surface area contributed by atoms with Crippen molar-refractivity contribution in [2.75, 3.05) is 12.3 Å². The highest BCUT2D eigenvalue weighted by molar-refractivity contribution is 6.01. The van der Waals surface area contributed by atoms with Crippen LogP contribution < -0.4 is 5.73 Å². The Kier molecular flexibility index (Phi) is 7.08. The number of halogens is 1. The molecule has 9 atom stereocenters. The Labute approximate surface area is 244 Å². The predicted octanol–water partition coefficient (Wildman–Crippen LogP) is 3.65. The van der Waals surface area contributed by atoms with Crippen LogP contribution in [-0.4, -0.2) is 55.9 Å². The van der Waals surface area contributed by atoms with Crippen LogP contribution in [0.1, 0.15) is 56.9 Å². The van der Waals surface area contributed by atoms with Gasteiger partial charge in [0.25, 0.3) is 0 Å². The Balaban J connectivity index is 1.27. The molecule has 9 heteroatoms. The molecule has 4 aliphatic rings. The van der Waals surface area contributed by atoms with Gasteiger partial charge in [-0.05, 0) is 79.9 Å². The summed E-state index contributed by atoms with van der Waals surface area (Å²) in [5, 5.41) is 32.6. The Morgan fingerprint density at radius 2 is 1.95 bits per heavy atom. The minimum atomic E-state index is -2.04. The molecule has 0 aliphatic heterocycles. The van der Waals surface area contributed by atoms with Gasteiger partial charge in [0.1, 0.15) is 6.61 Å². The number of aromatic nitrogens is 1. The molecule has 3 fully saturated rings. The second-order valence-electron chi connectivity index (χ2n) is 13.1. The highest BCUT2D eigenvalue weighted by Gasteiger charge is 2.72. The number of benzene rings is 1. The maximum absolute atomic E-state index is 17.4. The lowest BCUT2D eigenvalue weighted by Crippen LogP contribution is -2.66. The number of carbonyl (C=O) groups is 2. The highest BCUT2D eigenvalue weighted by Crippen LogP contribution is 2.69. The SMILES string of the molecule is C[C@]12C[C@H](O)[C@@]3(F)[C@@H](CCC4=CC(=O)C=C[C@@]43C)[C@@H]1C[C@@H](O[C@H](O)c1ccn(Cc3ccc(N)cc3)c1)[C@@H]2C(=O)CO. The number of ether oxygens (including phenoxy) is 1. The lowest BCUT2D eigenvalue weighted by Gasteiger charge is -2.61. The second kappa shape index (κ2) is 10.3. The average Bonchev–Trinajstić information content (AvgIpc) is 3.53. The maximum atomic E-state index is 17.4. The van der Waals surface area contributed by atoms with E-state index in [1.807, 2.05) is 42.0 Å². The number of anilines is 1. The summed E-state index contributed by atoms with van der Waals surface area (Å²) in [5.74, 6) is -2.40. The van der Waals surface area contributed by atoms with Gasteiger partial charge < -0.3 is 30.4 Å². The lowest BCUT2D eigenvalue weighted by atomic mass is 9.45. The smallest absolute Gasteiger partial charge is 0.183 e. The first kappa shape index (κ1) is 29.0. The van der Waals surface area contributed by atoms with Crippen LogP contribution in [0.4, 0.5) is 10.1 Å². The zero-order chi connectivity index (χ0) is 30.0.